The molecular formula is C29H31FN6O2. The smallest absolute Gasteiger partial charge is 0.270 e. The maximum Gasteiger partial charge on any atom is 0.270 e. The predicted octanol–water partition coefficient (Wildman–Crippen LogP) is 4.49. The van der Waals surface area contributed by atoms with Crippen molar-refractivity contribution in [2.45, 2.75) is 50.6 Å². The van der Waals surface area contributed by atoms with E-state index < -0.39 is 0 Å². The molecule has 5 rings (SSSR count). The lowest BCUT2D eigenvalue weighted by Crippen LogP contribution is -2.44. The van der Waals surface area contributed by atoms with Gasteiger partial charge in [0.15, 0.2) is 11.6 Å². The second-order valence-corrected chi connectivity index (χ2v) is 10.4. The molecule has 0 bridgehead atoms. The van der Waals surface area contributed by atoms with Crippen molar-refractivity contribution >= 4 is 22.4 Å². The van der Waals surface area contributed by atoms with Crippen LogP contribution in [0.2, 0.25) is 0 Å². The molecule has 0 saturated heterocycles. The van der Waals surface area contributed by atoms with Crippen LogP contribution in [0.5, 0.6) is 5.75 Å². The molecule has 2 heterocycles. The average Bonchev–Trinajstić information content (AvgIpc) is 3.77. The molecule has 0 radical (unpaired) electrons. The zero-order valence-corrected chi connectivity index (χ0v) is 21.9. The number of nitrogens with zero attached hydrogens (tertiary/aromatic N) is 6. The molecule has 3 aromatic rings. The molecule has 8 nitrogen and oxygen atoms in total. The highest BCUT2D eigenvalue weighted by atomic mass is 19.1. The van der Waals surface area contributed by atoms with Crippen molar-refractivity contribution < 1.29 is 9.13 Å². The van der Waals surface area contributed by atoms with Crippen LogP contribution in [0.3, 0.4) is 0 Å². The van der Waals surface area contributed by atoms with Gasteiger partial charge in [-0.3, -0.25) is 4.79 Å². The van der Waals surface area contributed by atoms with Crippen molar-refractivity contribution in [1.29, 1.82) is 10.5 Å². The van der Waals surface area contributed by atoms with Gasteiger partial charge in [0, 0.05) is 44.5 Å². The molecule has 38 heavy (non-hydrogen) atoms. The Bertz CT molecular complexity index is 1510. The molecule has 2 aliphatic rings. The summed E-state index contributed by atoms with van der Waals surface area (Å²) in [4.78, 5) is 22.0. The van der Waals surface area contributed by atoms with Gasteiger partial charge in [0.2, 0.25) is 0 Å². The first-order valence-corrected chi connectivity index (χ1v) is 13.0. The number of methoxy groups -OCH3 is 1. The second-order valence-electron chi connectivity index (χ2n) is 10.4. The van der Waals surface area contributed by atoms with Gasteiger partial charge in [0.05, 0.1) is 18.3 Å². The topological polar surface area (TPSA) is 98.2 Å². The van der Waals surface area contributed by atoms with E-state index in [4.69, 9.17) is 4.74 Å². The third-order valence-corrected chi connectivity index (χ3v) is 8.07. The number of aromatic nitrogens is 2. The van der Waals surface area contributed by atoms with Crippen molar-refractivity contribution in [1.82, 2.24) is 9.55 Å². The summed E-state index contributed by atoms with van der Waals surface area (Å²) in [5.41, 5.74) is 2.45. The second kappa shape index (κ2) is 10.3. The Labute approximate surface area is 221 Å². The summed E-state index contributed by atoms with van der Waals surface area (Å²) in [6, 6.07) is 13.0. The monoisotopic (exact) mass is 514 g/mol. The van der Waals surface area contributed by atoms with Gasteiger partial charge in [0.25, 0.3) is 5.56 Å². The molecule has 0 aliphatic heterocycles. The number of fused-ring (bicyclic) bond motifs is 1. The van der Waals surface area contributed by atoms with Gasteiger partial charge in [-0.15, -0.1) is 0 Å². The van der Waals surface area contributed by atoms with Crippen LogP contribution in [0.4, 0.5) is 15.8 Å². The van der Waals surface area contributed by atoms with Crippen molar-refractivity contribution in [3.63, 3.8) is 0 Å². The number of pyridine rings is 2. The minimum Gasteiger partial charge on any atom is -0.494 e. The minimum atomic E-state index is -0.372. The number of nitriles is 2. The van der Waals surface area contributed by atoms with Crippen molar-refractivity contribution in [3.8, 4) is 17.9 Å². The fraction of sp³-hybridized carbons (Fsp3) is 0.448. The third kappa shape index (κ3) is 4.65. The molecule has 2 fully saturated rings. The Kier molecular flexibility index (Phi) is 6.94. The maximum atomic E-state index is 14.1. The molecule has 0 atom stereocenters. The predicted molar refractivity (Wildman–Crippen MR) is 144 cm³/mol. The summed E-state index contributed by atoms with van der Waals surface area (Å²) >= 11 is 0. The normalized spacial score (nSPS) is 19.0. The van der Waals surface area contributed by atoms with E-state index >= 15 is 0 Å². The van der Waals surface area contributed by atoms with Gasteiger partial charge >= 0.3 is 0 Å². The fourth-order valence-corrected chi connectivity index (χ4v) is 5.71. The van der Waals surface area contributed by atoms with Crippen molar-refractivity contribution in [3.05, 3.63) is 57.8 Å². The van der Waals surface area contributed by atoms with Crippen molar-refractivity contribution in [2.24, 2.45) is 13.0 Å². The third-order valence-electron chi connectivity index (χ3n) is 8.07. The van der Waals surface area contributed by atoms with Crippen LogP contribution in [0, 0.1) is 34.4 Å². The standard InChI is InChI=1S/C29H31FN6O2/c1-34(28-23(16-32)29(37)35(2)25-13-6-19(15-31)33-27(25)28)20-7-9-21(10-8-20)36(17-18-4-5-18)22-11-12-24(30)26(14-22)38-3/h6,11-14,18,20-21H,4-5,7-10,17H2,1-3H3/t20-,21-. The van der Waals surface area contributed by atoms with E-state index in [0.29, 0.717) is 28.7 Å². The van der Waals surface area contributed by atoms with E-state index in [-0.39, 0.29) is 34.4 Å². The highest BCUT2D eigenvalue weighted by Gasteiger charge is 2.34. The van der Waals surface area contributed by atoms with Gasteiger partial charge in [-0.1, -0.05) is 0 Å². The van der Waals surface area contributed by atoms with Crippen LogP contribution in [0.1, 0.15) is 49.8 Å². The van der Waals surface area contributed by atoms with Crippen LogP contribution in [-0.4, -0.2) is 42.3 Å². The summed E-state index contributed by atoms with van der Waals surface area (Å²) in [6.07, 6.45) is 6.00. The van der Waals surface area contributed by atoms with E-state index in [1.807, 2.05) is 18.0 Å². The zero-order chi connectivity index (χ0) is 27.0. The Balaban J connectivity index is 1.43. The van der Waals surface area contributed by atoms with E-state index in [1.165, 1.54) is 30.6 Å². The molecule has 2 aliphatic carbocycles. The van der Waals surface area contributed by atoms with Gasteiger partial charge in [0.1, 0.15) is 28.9 Å². The summed E-state index contributed by atoms with van der Waals surface area (Å²) in [6.45, 7) is 0.943. The summed E-state index contributed by atoms with van der Waals surface area (Å²) in [7, 11) is 5.01. The average molecular weight is 515 g/mol. The Hall–Kier alpha value is -4.11. The molecule has 0 N–H and O–H groups in total. The van der Waals surface area contributed by atoms with Gasteiger partial charge in [-0.05, 0) is 68.7 Å². The van der Waals surface area contributed by atoms with Crippen molar-refractivity contribution in [2.75, 3.05) is 30.5 Å². The number of hydrogen-bond donors (Lipinski definition) is 0. The van der Waals surface area contributed by atoms with Crippen LogP contribution in [0.25, 0.3) is 11.0 Å². The van der Waals surface area contributed by atoms with Gasteiger partial charge in [-0.2, -0.15) is 10.5 Å². The number of anilines is 2. The lowest BCUT2D eigenvalue weighted by molar-refractivity contribution is 0.363. The van der Waals surface area contributed by atoms with Gasteiger partial charge < -0.3 is 19.1 Å². The highest BCUT2D eigenvalue weighted by molar-refractivity contribution is 5.92. The number of benzene rings is 1. The van der Waals surface area contributed by atoms with Gasteiger partial charge in [-0.25, -0.2) is 9.37 Å². The maximum absolute atomic E-state index is 14.1. The first kappa shape index (κ1) is 25.5. The molecular weight excluding hydrogens is 483 g/mol. The number of rotatable bonds is 7. The quantitative estimate of drug-likeness (QED) is 0.458. The molecule has 196 valence electrons. The zero-order valence-electron chi connectivity index (χ0n) is 21.9. The number of aryl methyl sites for hydroxylation is 1. The molecule has 9 heteroatoms. The van der Waals surface area contributed by atoms with E-state index in [2.05, 4.69) is 22.0 Å². The highest BCUT2D eigenvalue weighted by Crippen LogP contribution is 2.38. The molecule has 2 aromatic heterocycles. The van der Waals surface area contributed by atoms with E-state index in [9.17, 15) is 19.7 Å². The van der Waals surface area contributed by atoms with Crippen LogP contribution >= 0.6 is 0 Å². The lowest BCUT2D eigenvalue weighted by atomic mass is 9.88. The SMILES string of the molecule is COc1cc(N(CC2CC2)[C@H]2CC[C@H](N(C)c3c(C#N)c(=O)n(C)c4ccc(C#N)nc34)CC2)ccc1F. The molecule has 0 amide bonds. The number of hydrogen-bond acceptors (Lipinski definition) is 7. The first-order valence-electron chi connectivity index (χ1n) is 13.0. The molecule has 1 aromatic carbocycles. The Morgan fingerprint density at radius 3 is 2.42 bits per heavy atom. The molecule has 0 spiro atoms. The van der Waals surface area contributed by atoms with E-state index in [1.54, 1.807) is 25.2 Å². The van der Waals surface area contributed by atoms with E-state index in [0.717, 1.165) is 37.9 Å². The summed E-state index contributed by atoms with van der Waals surface area (Å²) in [5, 5.41) is 19.3. The fourth-order valence-electron chi connectivity index (χ4n) is 5.71. The Morgan fingerprint density at radius 2 is 1.79 bits per heavy atom. The summed E-state index contributed by atoms with van der Waals surface area (Å²) < 4.78 is 20.8. The van der Waals surface area contributed by atoms with Crippen LogP contribution in [-0.2, 0) is 7.05 Å². The molecule has 0 unspecified atom stereocenters. The largest absolute Gasteiger partial charge is 0.494 e. The van der Waals surface area contributed by atoms with Crippen LogP contribution in [0.15, 0.2) is 35.1 Å². The summed E-state index contributed by atoms with van der Waals surface area (Å²) in [5.74, 6) is 0.551. The minimum absolute atomic E-state index is 0.0426. The number of halogens is 1. The number of ether oxygens (including phenoxy) is 1. The Morgan fingerprint density at radius 1 is 1.08 bits per heavy atom. The lowest BCUT2D eigenvalue weighted by Gasteiger charge is -2.41. The van der Waals surface area contributed by atoms with Crippen LogP contribution < -0.4 is 20.1 Å². The molecule has 2 saturated carbocycles. The first-order chi connectivity index (χ1) is 18.4.